The van der Waals surface area contributed by atoms with E-state index < -0.39 is 0 Å². The summed E-state index contributed by atoms with van der Waals surface area (Å²) in [5.41, 5.74) is 1.53. The molecule has 0 aliphatic carbocycles. The van der Waals surface area contributed by atoms with Gasteiger partial charge in [0.25, 0.3) is 5.91 Å². The average Bonchev–Trinajstić information content (AvgIpc) is 3.32. The van der Waals surface area contributed by atoms with E-state index in [-0.39, 0.29) is 5.91 Å². The van der Waals surface area contributed by atoms with E-state index in [1.165, 1.54) is 17.5 Å². The lowest BCUT2D eigenvalue weighted by atomic mass is 10.2. The van der Waals surface area contributed by atoms with Gasteiger partial charge in [-0.25, -0.2) is 15.0 Å². The Labute approximate surface area is 152 Å². The molecule has 26 heavy (non-hydrogen) atoms. The van der Waals surface area contributed by atoms with E-state index in [9.17, 15) is 4.79 Å². The zero-order valence-corrected chi connectivity index (χ0v) is 14.5. The Morgan fingerprint density at radius 3 is 2.77 bits per heavy atom. The first-order valence-corrected chi connectivity index (χ1v) is 8.51. The van der Waals surface area contributed by atoms with Gasteiger partial charge in [-0.05, 0) is 18.2 Å². The molecule has 4 aromatic rings. The molecule has 0 saturated carbocycles. The van der Waals surface area contributed by atoms with Gasteiger partial charge in [-0.1, -0.05) is 12.1 Å². The van der Waals surface area contributed by atoms with Gasteiger partial charge in [0.15, 0.2) is 16.7 Å². The van der Waals surface area contributed by atoms with Gasteiger partial charge in [-0.2, -0.15) is 0 Å². The topological polar surface area (TPSA) is 98.5 Å². The second-order valence-corrected chi connectivity index (χ2v) is 6.43. The first kappa shape index (κ1) is 16.0. The fourth-order valence-corrected chi connectivity index (χ4v) is 3.12. The SMILES string of the molecule is Cn1cnnc1-c1cccc(NC(=O)c2cnc(-c3ncccn3)s2)c1. The van der Waals surface area contributed by atoms with Crippen LogP contribution in [0.1, 0.15) is 9.67 Å². The van der Waals surface area contributed by atoms with Crippen LogP contribution in [0.2, 0.25) is 0 Å². The first-order chi connectivity index (χ1) is 12.7. The van der Waals surface area contributed by atoms with Crippen LogP contribution in [-0.2, 0) is 7.05 Å². The van der Waals surface area contributed by atoms with Crippen LogP contribution in [-0.4, -0.2) is 35.6 Å². The Hall–Kier alpha value is -3.46. The number of carbonyl (C=O) groups excluding carboxylic acids is 1. The maximum atomic E-state index is 12.5. The van der Waals surface area contributed by atoms with Crippen molar-refractivity contribution in [2.24, 2.45) is 7.05 Å². The van der Waals surface area contributed by atoms with Crippen molar-refractivity contribution in [3.05, 3.63) is 60.1 Å². The lowest BCUT2D eigenvalue weighted by Crippen LogP contribution is -2.10. The Bertz CT molecular complexity index is 1060. The molecule has 0 bridgehead atoms. The molecule has 4 rings (SSSR count). The summed E-state index contributed by atoms with van der Waals surface area (Å²) in [6.45, 7) is 0. The van der Waals surface area contributed by atoms with E-state index in [0.29, 0.717) is 21.4 Å². The van der Waals surface area contributed by atoms with Crippen LogP contribution in [0.4, 0.5) is 5.69 Å². The predicted molar refractivity (Wildman–Crippen MR) is 97.5 cm³/mol. The molecule has 0 radical (unpaired) electrons. The van der Waals surface area contributed by atoms with Crippen LogP contribution in [0.15, 0.2) is 55.2 Å². The third-order valence-corrected chi connectivity index (χ3v) is 4.57. The smallest absolute Gasteiger partial charge is 0.267 e. The molecule has 1 amide bonds. The molecule has 0 fully saturated rings. The van der Waals surface area contributed by atoms with Gasteiger partial charge < -0.3 is 9.88 Å². The molecule has 0 unspecified atom stereocenters. The zero-order valence-electron chi connectivity index (χ0n) is 13.7. The number of aryl methyl sites for hydroxylation is 1. The summed E-state index contributed by atoms with van der Waals surface area (Å²) in [6.07, 6.45) is 6.44. The fraction of sp³-hybridized carbons (Fsp3) is 0.0588. The van der Waals surface area contributed by atoms with Crippen molar-refractivity contribution in [2.75, 3.05) is 5.32 Å². The van der Waals surface area contributed by atoms with Crippen molar-refractivity contribution in [3.63, 3.8) is 0 Å². The molecular formula is C17H13N7OS. The van der Waals surface area contributed by atoms with Gasteiger partial charge in [-0.15, -0.1) is 21.5 Å². The van der Waals surface area contributed by atoms with Gasteiger partial charge in [0.05, 0.1) is 6.20 Å². The third kappa shape index (κ3) is 3.20. The van der Waals surface area contributed by atoms with Gasteiger partial charge in [0.1, 0.15) is 11.2 Å². The minimum absolute atomic E-state index is 0.236. The maximum Gasteiger partial charge on any atom is 0.267 e. The maximum absolute atomic E-state index is 12.5. The Balaban J connectivity index is 1.54. The van der Waals surface area contributed by atoms with Gasteiger partial charge in [0.2, 0.25) is 0 Å². The first-order valence-electron chi connectivity index (χ1n) is 7.70. The molecule has 0 saturated heterocycles. The summed E-state index contributed by atoms with van der Waals surface area (Å²) >= 11 is 1.24. The van der Waals surface area contributed by atoms with Gasteiger partial charge >= 0.3 is 0 Å². The second kappa shape index (κ2) is 6.81. The van der Waals surface area contributed by atoms with E-state index in [1.807, 2.05) is 35.9 Å². The number of rotatable bonds is 4. The lowest BCUT2D eigenvalue weighted by Gasteiger charge is -2.06. The molecule has 0 aliphatic rings. The van der Waals surface area contributed by atoms with Crippen molar-refractivity contribution in [1.82, 2.24) is 29.7 Å². The fourth-order valence-electron chi connectivity index (χ4n) is 2.37. The molecule has 9 heteroatoms. The van der Waals surface area contributed by atoms with Crippen molar-refractivity contribution in [2.45, 2.75) is 0 Å². The Morgan fingerprint density at radius 1 is 1.15 bits per heavy atom. The quantitative estimate of drug-likeness (QED) is 0.598. The van der Waals surface area contributed by atoms with Crippen LogP contribution in [0.5, 0.6) is 0 Å². The summed E-state index contributed by atoms with van der Waals surface area (Å²) in [5, 5.41) is 11.4. The number of carbonyl (C=O) groups is 1. The second-order valence-electron chi connectivity index (χ2n) is 5.40. The van der Waals surface area contributed by atoms with E-state index in [2.05, 4.69) is 30.5 Å². The molecule has 0 spiro atoms. The predicted octanol–water partition coefficient (Wildman–Crippen LogP) is 2.65. The average molecular weight is 363 g/mol. The highest BCUT2D eigenvalue weighted by Gasteiger charge is 2.14. The lowest BCUT2D eigenvalue weighted by molar-refractivity contribution is 0.103. The number of benzene rings is 1. The minimum Gasteiger partial charge on any atom is -0.321 e. The van der Waals surface area contributed by atoms with Crippen molar-refractivity contribution >= 4 is 22.9 Å². The van der Waals surface area contributed by atoms with Crippen LogP contribution < -0.4 is 5.32 Å². The molecule has 0 aliphatic heterocycles. The van der Waals surface area contributed by atoms with Crippen molar-refractivity contribution in [1.29, 1.82) is 0 Å². The number of anilines is 1. The Morgan fingerprint density at radius 2 is 2.00 bits per heavy atom. The van der Waals surface area contributed by atoms with Crippen LogP contribution >= 0.6 is 11.3 Å². The number of nitrogens with one attached hydrogen (secondary N) is 1. The molecule has 3 heterocycles. The number of aromatic nitrogens is 6. The molecule has 0 atom stereocenters. The highest BCUT2D eigenvalue weighted by molar-refractivity contribution is 7.16. The van der Waals surface area contributed by atoms with Gasteiger partial charge in [-0.3, -0.25) is 4.79 Å². The highest BCUT2D eigenvalue weighted by Crippen LogP contribution is 2.24. The van der Waals surface area contributed by atoms with Crippen molar-refractivity contribution < 1.29 is 4.79 Å². The molecule has 8 nitrogen and oxygen atoms in total. The molecule has 1 N–H and O–H groups in total. The highest BCUT2D eigenvalue weighted by atomic mass is 32.1. The number of amides is 1. The van der Waals surface area contributed by atoms with Crippen LogP contribution in [0, 0.1) is 0 Å². The van der Waals surface area contributed by atoms with E-state index in [4.69, 9.17) is 0 Å². The minimum atomic E-state index is -0.236. The Kier molecular flexibility index (Phi) is 4.20. The molecule has 3 aromatic heterocycles. The largest absolute Gasteiger partial charge is 0.321 e. The zero-order chi connectivity index (χ0) is 17.9. The standard InChI is InChI=1S/C17H13N7OS/c1-24-10-21-23-15(24)11-4-2-5-12(8-11)22-16(25)13-9-20-17(26-13)14-18-6-3-7-19-14/h2-10H,1H3,(H,22,25). The summed E-state index contributed by atoms with van der Waals surface area (Å²) in [6, 6.07) is 9.17. The summed E-state index contributed by atoms with van der Waals surface area (Å²) in [7, 11) is 1.87. The molecule has 128 valence electrons. The monoisotopic (exact) mass is 363 g/mol. The number of hydrogen-bond acceptors (Lipinski definition) is 7. The van der Waals surface area contributed by atoms with Crippen LogP contribution in [0.3, 0.4) is 0 Å². The normalized spacial score (nSPS) is 10.7. The number of nitrogens with zero attached hydrogens (tertiary/aromatic N) is 6. The summed E-state index contributed by atoms with van der Waals surface area (Å²) in [4.78, 5) is 25.5. The molecular weight excluding hydrogens is 350 g/mol. The summed E-state index contributed by atoms with van der Waals surface area (Å²) < 4.78 is 1.82. The van der Waals surface area contributed by atoms with Gasteiger partial charge in [0, 0.05) is 30.7 Å². The third-order valence-electron chi connectivity index (χ3n) is 3.58. The van der Waals surface area contributed by atoms with Crippen molar-refractivity contribution in [3.8, 4) is 22.2 Å². The summed E-state index contributed by atoms with van der Waals surface area (Å²) in [5.74, 6) is 0.989. The van der Waals surface area contributed by atoms with Crippen LogP contribution in [0.25, 0.3) is 22.2 Å². The number of thiazole rings is 1. The molecule has 1 aromatic carbocycles. The van der Waals surface area contributed by atoms with E-state index >= 15 is 0 Å². The van der Waals surface area contributed by atoms with E-state index in [1.54, 1.807) is 24.8 Å². The number of hydrogen-bond donors (Lipinski definition) is 1. The van der Waals surface area contributed by atoms with E-state index in [0.717, 1.165) is 11.4 Å².